The van der Waals surface area contributed by atoms with Crippen molar-refractivity contribution in [1.82, 2.24) is 0 Å². The van der Waals surface area contributed by atoms with Gasteiger partial charge in [-0.15, -0.1) is 0 Å². The predicted octanol–water partition coefficient (Wildman–Crippen LogP) is 14.3. The van der Waals surface area contributed by atoms with Gasteiger partial charge in [-0.1, -0.05) is 203 Å². The van der Waals surface area contributed by atoms with Crippen molar-refractivity contribution in [3.8, 4) is 22.3 Å². The third-order valence-electron chi connectivity index (χ3n) is 17.2. The summed E-state index contributed by atoms with van der Waals surface area (Å²) in [5.41, 5.74) is 26.7. The molecule has 14 rings (SSSR count). The molecule has 0 atom stereocenters. The predicted molar refractivity (Wildman–Crippen MR) is 314 cm³/mol. The normalized spacial score (nSPS) is 14.6. The molecule has 0 saturated heterocycles. The van der Waals surface area contributed by atoms with Gasteiger partial charge in [0.05, 0.1) is 0 Å². The van der Waals surface area contributed by atoms with Crippen molar-refractivity contribution < 1.29 is 0 Å². The van der Waals surface area contributed by atoms with Gasteiger partial charge in [0.2, 0.25) is 13.4 Å². The Hall–Kier alpha value is -7.03. The van der Waals surface area contributed by atoms with E-state index in [2.05, 4.69) is 251 Å². The number of anilines is 6. The topological polar surface area (TPSA) is 6.48 Å². The molecule has 0 aliphatic carbocycles. The van der Waals surface area contributed by atoms with Crippen molar-refractivity contribution in [3.63, 3.8) is 0 Å². The van der Waals surface area contributed by atoms with E-state index in [9.17, 15) is 0 Å². The molecule has 0 unspecified atom stereocenters. The SMILES string of the molecule is CC(C)(C)c1ccc2c(c1)N(c1ccccc1)c1cc(C(C)(C)C)cc3c1B2c1cc2ccc4c5c(cc6ccc-3c1c6c25)B1c2ccc(C(C)(C)C)cc2N(c2ccccc2)c2cc(C(C)(C)C)cc-4c21. The van der Waals surface area contributed by atoms with Crippen molar-refractivity contribution in [2.75, 3.05) is 9.80 Å². The summed E-state index contributed by atoms with van der Waals surface area (Å²) in [7, 11) is 0. The minimum Gasteiger partial charge on any atom is -0.311 e. The second-order valence-electron chi connectivity index (χ2n) is 25.8. The van der Waals surface area contributed by atoms with E-state index in [1.165, 1.54) is 144 Å². The standard InChI is InChI=1S/C68H62B2N2/c1-65(2,3)41-25-29-51-55(35-41)71(45-19-15-13-16-20-45)57-37-43(67(7,8)9)33-49-47-27-24-40-32-54-62-48(28-23-39-31-53(69(51)63(49)57)61(47)59(40)60(39)62)50-34-44(68(10,11)12)38-58-64(50)70(54)52-30-26-42(66(4,5)6)36-56(52)72(58)46-21-17-14-18-22-46/h13-38H,1-12H3. The largest absolute Gasteiger partial charge is 0.311 e. The molecule has 0 saturated carbocycles. The molecule has 4 heterocycles. The maximum Gasteiger partial charge on any atom is 0.248 e. The van der Waals surface area contributed by atoms with Gasteiger partial charge >= 0.3 is 0 Å². The van der Waals surface area contributed by atoms with Gasteiger partial charge in [0.1, 0.15) is 0 Å². The van der Waals surface area contributed by atoms with Crippen molar-refractivity contribution >= 4 is 113 Å². The molecule has 0 radical (unpaired) electrons. The summed E-state index contributed by atoms with van der Waals surface area (Å²) in [6.45, 7) is 28.4. The van der Waals surface area contributed by atoms with Gasteiger partial charge in [0, 0.05) is 34.1 Å². The first kappa shape index (κ1) is 43.7. The Bertz CT molecular complexity index is 3710. The lowest BCUT2D eigenvalue weighted by molar-refractivity contribution is 0.590. The molecule has 10 aromatic rings. The molecule has 0 N–H and O–H groups in total. The van der Waals surface area contributed by atoms with Crippen LogP contribution < -0.4 is 42.6 Å². The molecule has 2 nitrogen and oxygen atoms in total. The Balaban J connectivity index is 1.11. The van der Waals surface area contributed by atoms with E-state index in [1.54, 1.807) is 0 Å². The molecule has 0 aromatic heterocycles. The Labute approximate surface area is 427 Å². The summed E-state index contributed by atoms with van der Waals surface area (Å²) >= 11 is 0. The minimum absolute atomic E-state index is 0.0128. The first-order chi connectivity index (χ1) is 34.3. The smallest absolute Gasteiger partial charge is 0.248 e. The van der Waals surface area contributed by atoms with E-state index in [-0.39, 0.29) is 35.1 Å². The number of nitrogens with zero attached hydrogens (tertiary/aromatic N) is 2. The molecule has 10 aromatic carbocycles. The highest BCUT2D eigenvalue weighted by atomic mass is 15.2. The summed E-state index contributed by atoms with van der Waals surface area (Å²) in [6.07, 6.45) is 0. The number of fused-ring (bicyclic) bond motifs is 8. The van der Waals surface area contributed by atoms with Gasteiger partial charge in [-0.2, -0.15) is 0 Å². The van der Waals surface area contributed by atoms with Crippen LogP contribution in [0.4, 0.5) is 34.1 Å². The molecule has 72 heavy (non-hydrogen) atoms. The van der Waals surface area contributed by atoms with E-state index in [0.717, 1.165) is 0 Å². The molecular formula is C68H62B2N2. The van der Waals surface area contributed by atoms with Gasteiger partial charge in [-0.25, -0.2) is 0 Å². The summed E-state index contributed by atoms with van der Waals surface area (Å²) in [5, 5.41) is 8.31. The van der Waals surface area contributed by atoms with Crippen LogP contribution in [-0.2, 0) is 21.7 Å². The van der Waals surface area contributed by atoms with E-state index < -0.39 is 0 Å². The molecule has 4 aliphatic heterocycles. The van der Waals surface area contributed by atoms with Crippen molar-refractivity contribution in [1.29, 1.82) is 0 Å². The number of hydrogen-bond donors (Lipinski definition) is 0. The third kappa shape index (κ3) is 5.99. The van der Waals surface area contributed by atoms with E-state index in [4.69, 9.17) is 0 Å². The summed E-state index contributed by atoms with van der Waals surface area (Å²) in [5.74, 6) is 0. The van der Waals surface area contributed by atoms with Gasteiger partial charge in [-0.05, 0) is 169 Å². The molecule has 0 bridgehead atoms. The summed E-state index contributed by atoms with van der Waals surface area (Å²) in [4.78, 5) is 5.18. The molecular weight excluding hydrogens is 866 g/mol. The minimum atomic E-state index is -0.0695. The third-order valence-corrected chi connectivity index (χ3v) is 17.2. The maximum atomic E-state index is 2.62. The lowest BCUT2D eigenvalue weighted by Gasteiger charge is -2.43. The van der Waals surface area contributed by atoms with Crippen molar-refractivity contribution in [2.24, 2.45) is 0 Å². The lowest BCUT2D eigenvalue weighted by Crippen LogP contribution is -2.60. The fourth-order valence-electron chi connectivity index (χ4n) is 13.4. The zero-order valence-corrected chi connectivity index (χ0v) is 44.1. The first-order valence-electron chi connectivity index (χ1n) is 26.4. The van der Waals surface area contributed by atoms with Crippen molar-refractivity contribution in [3.05, 3.63) is 180 Å². The fourth-order valence-corrected chi connectivity index (χ4v) is 13.4. The second-order valence-corrected chi connectivity index (χ2v) is 25.8. The van der Waals surface area contributed by atoms with Crippen LogP contribution in [0.2, 0.25) is 0 Å². The van der Waals surface area contributed by atoms with Crippen LogP contribution in [0.5, 0.6) is 0 Å². The second kappa shape index (κ2) is 14.3. The highest BCUT2D eigenvalue weighted by Gasteiger charge is 2.46. The molecule has 0 amide bonds. The zero-order chi connectivity index (χ0) is 49.7. The van der Waals surface area contributed by atoms with Crippen LogP contribution in [-0.4, -0.2) is 13.4 Å². The van der Waals surface area contributed by atoms with Crippen LogP contribution in [0.3, 0.4) is 0 Å². The monoisotopic (exact) mass is 929 g/mol. The molecule has 350 valence electrons. The van der Waals surface area contributed by atoms with Gasteiger partial charge < -0.3 is 9.80 Å². The Kier molecular flexibility index (Phi) is 8.71. The fraction of sp³-hybridized carbons (Fsp3) is 0.235. The van der Waals surface area contributed by atoms with Crippen LogP contribution in [0.1, 0.15) is 105 Å². The zero-order valence-electron chi connectivity index (χ0n) is 44.1. The van der Waals surface area contributed by atoms with E-state index in [0.29, 0.717) is 0 Å². The highest BCUT2D eigenvalue weighted by molar-refractivity contribution is 7.02. The van der Waals surface area contributed by atoms with Crippen LogP contribution >= 0.6 is 0 Å². The highest BCUT2D eigenvalue weighted by Crippen LogP contribution is 2.50. The quantitative estimate of drug-likeness (QED) is 0.126. The van der Waals surface area contributed by atoms with E-state index in [1.807, 2.05) is 0 Å². The molecule has 0 spiro atoms. The average Bonchev–Trinajstić information content (AvgIpc) is 3.34. The Morgan fingerprint density at radius 2 is 0.653 bits per heavy atom. The Morgan fingerprint density at radius 3 is 1.01 bits per heavy atom. The summed E-state index contributed by atoms with van der Waals surface area (Å²) in [6, 6.07) is 62.4. The molecule has 0 fully saturated rings. The van der Waals surface area contributed by atoms with Crippen LogP contribution in [0.25, 0.3) is 54.6 Å². The Morgan fingerprint density at radius 1 is 0.292 bits per heavy atom. The van der Waals surface area contributed by atoms with Gasteiger partial charge in [0.15, 0.2) is 0 Å². The van der Waals surface area contributed by atoms with Gasteiger partial charge in [0.25, 0.3) is 0 Å². The van der Waals surface area contributed by atoms with Crippen LogP contribution in [0, 0.1) is 0 Å². The molecule has 4 heteroatoms. The lowest BCUT2D eigenvalue weighted by atomic mass is 9.31. The van der Waals surface area contributed by atoms with Gasteiger partial charge in [-0.3, -0.25) is 0 Å². The number of rotatable bonds is 2. The maximum absolute atomic E-state index is 2.62. The number of para-hydroxylation sites is 2. The molecule has 4 aliphatic rings. The summed E-state index contributed by atoms with van der Waals surface area (Å²) < 4.78 is 0. The first-order valence-corrected chi connectivity index (χ1v) is 26.4. The van der Waals surface area contributed by atoms with E-state index >= 15 is 0 Å². The van der Waals surface area contributed by atoms with Crippen molar-refractivity contribution in [2.45, 2.75) is 105 Å². The van der Waals surface area contributed by atoms with Crippen LogP contribution in [0.15, 0.2) is 158 Å². The number of hydrogen-bond acceptors (Lipinski definition) is 2. The average molecular weight is 929 g/mol. The number of benzene rings is 10.